The van der Waals surface area contributed by atoms with Crippen molar-refractivity contribution in [3.8, 4) is 5.75 Å². The van der Waals surface area contributed by atoms with Gasteiger partial charge in [0, 0.05) is 18.5 Å². The molecular formula is C14H16N2O3. The van der Waals surface area contributed by atoms with Gasteiger partial charge in [-0.3, -0.25) is 10.1 Å². The Morgan fingerprint density at radius 2 is 2.11 bits per heavy atom. The Morgan fingerprint density at radius 1 is 1.32 bits per heavy atom. The smallest absolute Gasteiger partial charge is 0.324 e. The first-order chi connectivity index (χ1) is 9.16. The molecule has 1 fully saturated rings. The molecule has 2 heterocycles. The summed E-state index contributed by atoms with van der Waals surface area (Å²) in [6.45, 7) is 2.89. The number of hydrogen-bond acceptors (Lipinski definition) is 3. The van der Waals surface area contributed by atoms with Gasteiger partial charge in [-0.1, -0.05) is 25.1 Å². The molecule has 0 aromatic heterocycles. The second-order valence-corrected chi connectivity index (χ2v) is 5.04. The summed E-state index contributed by atoms with van der Waals surface area (Å²) in [6.07, 6.45) is 0.755. The number of para-hydroxylation sites is 1. The summed E-state index contributed by atoms with van der Waals surface area (Å²) in [5, 5.41) is 2.41. The maximum Gasteiger partial charge on any atom is 0.324 e. The lowest BCUT2D eigenvalue weighted by Crippen LogP contribution is -2.55. The second-order valence-electron chi connectivity index (χ2n) is 5.04. The first kappa shape index (κ1) is 12.0. The molecule has 1 aromatic rings. The van der Waals surface area contributed by atoms with Gasteiger partial charge >= 0.3 is 6.03 Å². The van der Waals surface area contributed by atoms with E-state index in [2.05, 4.69) is 5.32 Å². The molecule has 1 N–H and O–H groups in total. The van der Waals surface area contributed by atoms with Gasteiger partial charge in [0.25, 0.3) is 0 Å². The average molecular weight is 260 g/mol. The van der Waals surface area contributed by atoms with E-state index in [-0.39, 0.29) is 23.9 Å². The minimum absolute atomic E-state index is 0.0134. The van der Waals surface area contributed by atoms with E-state index in [0.717, 1.165) is 17.7 Å². The number of imide groups is 1. The molecule has 3 amide bonds. The molecule has 0 aliphatic carbocycles. The van der Waals surface area contributed by atoms with Crippen LogP contribution in [-0.2, 0) is 4.79 Å². The molecule has 3 rings (SSSR count). The number of rotatable bonds is 1. The van der Waals surface area contributed by atoms with Crippen LogP contribution in [-0.4, -0.2) is 30.0 Å². The Bertz CT molecular complexity index is 529. The van der Waals surface area contributed by atoms with Crippen molar-refractivity contribution in [1.29, 1.82) is 0 Å². The number of carbonyl (C=O) groups excluding carboxylic acids is 2. The number of nitrogens with zero attached hydrogens (tertiary/aromatic N) is 1. The number of ether oxygens (including phenoxy) is 1. The highest BCUT2D eigenvalue weighted by atomic mass is 16.5. The fourth-order valence-corrected chi connectivity index (χ4v) is 2.68. The predicted octanol–water partition coefficient (Wildman–Crippen LogP) is 1.70. The van der Waals surface area contributed by atoms with Crippen molar-refractivity contribution in [3.63, 3.8) is 0 Å². The van der Waals surface area contributed by atoms with Crippen LogP contribution in [0.5, 0.6) is 5.75 Å². The lowest BCUT2D eigenvalue weighted by atomic mass is 9.97. The minimum Gasteiger partial charge on any atom is -0.493 e. The molecule has 5 nitrogen and oxygen atoms in total. The van der Waals surface area contributed by atoms with Crippen molar-refractivity contribution in [2.24, 2.45) is 5.92 Å². The lowest BCUT2D eigenvalue weighted by molar-refractivity contribution is -0.125. The molecule has 2 aliphatic heterocycles. The van der Waals surface area contributed by atoms with E-state index < -0.39 is 0 Å². The molecule has 0 radical (unpaired) electrons. The molecule has 2 atom stereocenters. The fraction of sp³-hybridized carbons (Fsp3) is 0.429. The van der Waals surface area contributed by atoms with Crippen LogP contribution in [0.15, 0.2) is 24.3 Å². The number of amides is 3. The van der Waals surface area contributed by atoms with E-state index in [0.29, 0.717) is 13.2 Å². The van der Waals surface area contributed by atoms with Gasteiger partial charge in [-0.25, -0.2) is 4.79 Å². The Hall–Kier alpha value is -2.04. The number of benzene rings is 1. The Balaban J connectivity index is 1.91. The van der Waals surface area contributed by atoms with Crippen LogP contribution in [0.2, 0.25) is 0 Å². The first-order valence-electron chi connectivity index (χ1n) is 6.50. The number of hydrogen-bond donors (Lipinski definition) is 1. The number of nitrogens with one attached hydrogen (secondary N) is 1. The second kappa shape index (κ2) is 4.57. The van der Waals surface area contributed by atoms with Gasteiger partial charge < -0.3 is 9.64 Å². The van der Waals surface area contributed by atoms with Gasteiger partial charge in [-0.2, -0.15) is 0 Å². The zero-order valence-corrected chi connectivity index (χ0v) is 10.8. The molecule has 1 aromatic carbocycles. The van der Waals surface area contributed by atoms with Crippen molar-refractivity contribution in [2.45, 2.75) is 19.4 Å². The molecule has 100 valence electrons. The van der Waals surface area contributed by atoms with Crippen molar-refractivity contribution in [2.75, 3.05) is 13.2 Å². The molecule has 1 saturated heterocycles. The normalized spacial score (nSPS) is 26.5. The summed E-state index contributed by atoms with van der Waals surface area (Å²) in [5.41, 5.74) is 1.02. The summed E-state index contributed by atoms with van der Waals surface area (Å²) in [5.74, 6) is 0.463. The standard InChI is InChI=1S/C14H16N2O3/c1-9-8-16(14(18)15-13(9)17)11-6-7-19-12-5-3-2-4-10(11)12/h2-5,9,11H,6-8H2,1H3,(H,15,17,18). The van der Waals surface area contributed by atoms with Gasteiger partial charge in [0.1, 0.15) is 5.75 Å². The lowest BCUT2D eigenvalue weighted by Gasteiger charge is -2.39. The quantitative estimate of drug-likeness (QED) is 0.836. The maximum atomic E-state index is 12.0. The van der Waals surface area contributed by atoms with Crippen LogP contribution in [0.3, 0.4) is 0 Å². The Labute approximate surface area is 111 Å². The molecule has 0 saturated carbocycles. The molecule has 5 heteroatoms. The number of fused-ring (bicyclic) bond motifs is 1. The highest BCUT2D eigenvalue weighted by molar-refractivity contribution is 5.98. The molecule has 2 unspecified atom stereocenters. The number of carbonyl (C=O) groups is 2. The largest absolute Gasteiger partial charge is 0.493 e. The van der Waals surface area contributed by atoms with Crippen LogP contribution in [0.25, 0.3) is 0 Å². The van der Waals surface area contributed by atoms with Crippen molar-refractivity contribution < 1.29 is 14.3 Å². The van der Waals surface area contributed by atoms with E-state index in [1.165, 1.54) is 0 Å². The molecule has 0 spiro atoms. The van der Waals surface area contributed by atoms with Crippen molar-refractivity contribution in [1.82, 2.24) is 10.2 Å². The third-order valence-electron chi connectivity index (χ3n) is 3.71. The summed E-state index contributed by atoms with van der Waals surface area (Å²) in [4.78, 5) is 25.3. The zero-order chi connectivity index (χ0) is 13.4. The Kier molecular flexibility index (Phi) is 2.89. The van der Waals surface area contributed by atoms with Gasteiger partial charge in [-0.15, -0.1) is 0 Å². The molecule has 0 bridgehead atoms. The van der Waals surface area contributed by atoms with E-state index >= 15 is 0 Å². The van der Waals surface area contributed by atoms with E-state index in [4.69, 9.17) is 4.74 Å². The molecule has 19 heavy (non-hydrogen) atoms. The van der Waals surface area contributed by atoms with Crippen LogP contribution in [0.4, 0.5) is 4.79 Å². The average Bonchev–Trinajstić information content (AvgIpc) is 2.42. The number of urea groups is 1. The summed E-state index contributed by atoms with van der Waals surface area (Å²) >= 11 is 0. The van der Waals surface area contributed by atoms with E-state index in [9.17, 15) is 9.59 Å². The summed E-state index contributed by atoms with van der Waals surface area (Å²) in [7, 11) is 0. The SMILES string of the molecule is CC1CN(C2CCOc3ccccc32)C(=O)NC1=O. The van der Waals surface area contributed by atoms with Crippen molar-refractivity contribution >= 4 is 11.9 Å². The first-order valence-corrected chi connectivity index (χ1v) is 6.50. The van der Waals surface area contributed by atoms with Crippen LogP contribution < -0.4 is 10.1 Å². The monoisotopic (exact) mass is 260 g/mol. The highest BCUT2D eigenvalue weighted by Gasteiger charge is 2.36. The van der Waals surface area contributed by atoms with Crippen molar-refractivity contribution in [3.05, 3.63) is 29.8 Å². The molecule has 2 aliphatic rings. The van der Waals surface area contributed by atoms with Gasteiger partial charge in [0.15, 0.2) is 0 Å². The van der Waals surface area contributed by atoms with E-state index in [1.54, 1.807) is 4.90 Å². The summed E-state index contributed by atoms with van der Waals surface area (Å²) in [6, 6.07) is 7.44. The van der Waals surface area contributed by atoms with Gasteiger partial charge in [0.2, 0.25) is 5.91 Å². The molecular weight excluding hydrogens is 244 g/mol. The third-order valence-corrected chi connectivity index (χ3v) is 3.71. The minimum atomic E-state index is -0.301. The fourth-order valence-electron chi connectivity index (χ4n) is 2.68. The highest BCUT2D eigenvalue weighted by Crippen LogP contribution is 2.36. The summed E-state index contributed by atoms with van der Waals surface area (Å²) < 4.78 is 5.60. The van der Waals surface area contributed by atoms with Gasteiger partial charge in [-0.05, 0) is 6.07 Å². The van der Waals surface area contributed by atoms with E-state index in [1.807, 2.05) is 31.2 Å². The third kappa shape index (κ3) is 2.05. The zero-order valence-electron chi connectivity index (χ0n) is 10.8. The van der Waals surface area contributed by atoms with Gasteiger partial charge in [0.05, 0.1) is 18.6 Å². The Morgan fingerprint density at radius 3 is 2.95 bits per heavy atom. The predicted molar refractivity (Wildman–Crippen MR) is 68.7 cm³/mol. The maximum absolute atomic E-state index is 12.0. The van der Waals surface area contributed by atoms with Crippen LogP contribution >= 0.6 is 0 Å². The van der Waals surface area contributed by atoms with Crippen LogP contribution in [0, 0.1) is 5.92 Å². The van der Waals surface area contributed by atoms with Crippen LogP contribution in [0.1, 0.15) is 24.9 Å². The topological polar surface area (TPSA) is 58.6 Å².